The summed E-state index contributed by atoms with van der Waals surface area (Å²) in [6.45, 7) is 5.72. The van der Waals surface area contributed by atoms with E-state index in [-0.39, 0.29) is 28.4 Å². The lowest BCUT2D eigenvalue weighted by atomic mass is 9.81. The molecule has 27 heavy (non-hydrogen) atoms. The number of phenols is 1. The van der Waals surface area contributed by atoms with Crippen LogP contribution in [-0.4, -0.2) is 16.7 Å². The van der Waals surface area contributed by atoms with E-state index in [2.05, 4.69) is 5.32 Å². The number of hydrogen-bond acceptors (Lipinski definition) is 4. The van der Waals surface area contributed by atoms with Crippen molar-refractivity contribution < 1.29 is 14.7 Å². The Labute approximate surface area is 157 Å². The van der Waals surface area contributed by atoms with Gasteiger partial charge in [0.15, 0.2) is 11.6 Å². The molecule has 0 bridgehead atoms. The van der Waals surface area contributed by atoms with E-state index < -0.39 is 0 Å². The number of ketones is 2. The summed E-state index contributed by atoms with van der Waals surface area (Å²) in [7, 11) is 0. The number of phenolic OH excluding ortho intramolecular Hbond substituents is 1. The molecule has 0 aromatic heterocycles. The number of rotatable bonds is 2. The van der Waals surface area contributed by atoms with Gasteiger partial charge in [-0.15, -0.1) is 0 Å². The highest BCUT2D eigenvalue weighted by atomic mass is 16.3. The van der Waals surface area contributed by atoms with Crippen LogP contribution >= 0.6 is 0 Å². The van der Waals surface area contributed by atoms with Gasteiger partial charge in [0.2, 0.25) is 0 Å². The molecule has 3 aromatic rings. The van der Waals surface area contributed by atoms with E-state index in [1.54, 1.807) is 37.3 Å². The summed E-state index contributed by atoms with van der Waals surface area (Å²) in [5, 5.41) is 13.8. The third-order valence-corrected chi connectivity index (χ3v) is 5.01. The fourth-order valence-electron chi connectivity index (χ4n) is 3.61. The van der Waals surface area contributed by atoms with E-state index in [4.69, 9.17) is 0 Å². The molecular formula is C23H19NO3. The lowest BCUT2D eigenvalue weighted by molar-refractivity contribution is 0.0977. The quantitative estimate of drug-likeness (QED) is 0.504. The molecule has 0 fully saturated rings. The van der Waals surface area contributed by atoms with Gasteiger partial charge in [0.1, 0.15) is 5.75 Å². The second-order valence-electron chi connectivity index (χ2n) is 6.99. The number of aryl methyl sites for hydroxylation is 3. The van der Waals surface area contributed by atoms with E-state index in [9.17, 15) is 14.7 Å². The van der Waals surface area contributed by atoms with Crippen molar-refractivity contribution in [2.24, 2.45) is 0 Å². The second-order valence-corrected chi connectivity index (χ2v) is 6.99. The van der Waals surface area contributed by atoms with Crippen molar-refractivity contribution in [3.05, 3.63) is 87.5 Å². The van der Waals surface area contributed by atoms with Gasteiger partial charge in [0, 0.05) is 16.8 Å². The molecular weight excluding hydrogens is 338 g/mol. The molecule has 0 atom stereocenters. The first kappa shape index (κ1) is 17.0. The number of carbonyl (C=O) groups excluding carboxylic acids is 2. The Morgan fingerprint density at radius 2 is 1.37 bits per heavy atom. The molecule has 1 aliphatic rings. The molecule has 0 saturated heterocycles. The first-order valence-electron chi connectivity index (χ1n) is 8.77. The molecule has 4 nitrogen and oxygen atoms in total. The van der Waals surface area contributed by atoms with Crippen LogP contribution in [0.4, 0.5) is 11.4 Å². The van der Waals surface area contributed by atoms with E-state index >= 15 is 0 Å². The highest BCUT2D eigenvalue weighted by Crippen LogP contribution is 2.40. The van der Waals surface area contributed by atoms with Crippen LogP contribution in [0.15, 0.2) is 48.5 Å². The predicted octanol–water partition coefficient (Wildman–Crippen LogP) is 4.84. The molecule has 0 spiro atoms. The van der Waals surface area contributed by atoms with Gasteiger partial charge in [-0.1, -0.05) is 42.0 Å². The van der Waals surface area contributed by atoms with E-state index in [1.165, 1.54) is 0 Å². The summed E-state index contributed by atoms with van der Waals surface area (Å²) < 4.78 is 0. The average Bonchev–Trinajstić information content (AvgIpc) is 2.64. The third-order valence-electron chi connectivity index (χ3n) is 5.01. The molecule has 0 aliphatic heterocycles. The summed E-state index contributed by atoms with van der Waals surface area (Å²) >= 11 is 0. The van der Waals surface area contributed by atoms with Crippen molar-refractivity contribution in [1.82, 2.24) is 0 Å². The van der Waals surface area contributed by atoms with Crippen LogP contribution in [0.3, 0.4) is 0 Å². The summed E-state index contributed by atoms with van der Waals surface area (Å²) in [4.78, 5) is 26.2. The van der Waals surface area contributed by atoms with Gasteiger partial charge in [0.25, 0.3) is 0 Å². The summed E-state index contributed by atoms with van der Waals surface area (Å²) in [6.07, 6.45) is 0. The van der Waals surface area contributed by atoms with Gasteiger partial charge in [-0.25, -0.2) is 0 Å². The van der Waals surface area contributed by atoms with E-state index in [0.29, 0.717) is 22.4 Å². The van der Waals surface area contributed by atoms with Crippen LogP contribution in [-0.2, 0) is 0 Å². The Bertz CT molecular complexity index is 1130. The molecule has 3 aromatic carbocycles. The lowest BCUT2D eigenvalue weighted by Gasteiger charge is -2.23. The van der Waals surface area contributed by atoms with Crippen LogP contribution in [0.2, 0.25) is 0 Å². The minimum Gasteiger partial charge on any atom is -0.507 e. The fourth-order valence-corrected chi connectivity index (χ4v) is 3.61. The van der Waals surface area contributed by atoms with Crippen molar-refractivity contribution in [2.75, 3.05) is 5.32 Å². The monoisotopic (exact) mass is 357 g/mol. The molecule has 0 radical (unpaired) electrons. The predicted molar refractivity (Wildman–Crippen MR) is 105 cm³/mol. The Balaban J connectivity index is 1.94. The maximum Gasteiger partial charge on any atom is 0.198 e. The Morgan fingerprint density at radius 1 is 0.741 bits per heavy atom. The zero-order valence-corrected chi connectivity index (χ0v) is 15.4. The van der Waals surface area contributed by atoms with Gasteiger partial charge in [-0.2, -0.15) is 0 Å². The zero-order valence-electron chi connectivity index (χ0n) is 15.4. The normalized spacial score (nSPS) is 12.6. The number of anilines is 2. The Kier molecular flexibility index (Phi) is 3.84. The van der Waals surface area contributed by atoms with Crippen LogP contribution in [0.1, 0.15) is 48.5 Å². The SMILES string of the molecule is Cc1ccc(Nc2cc(C)c(O)c3c2C(=O)c2ccccc2C3=O)c(C)c1. The topological polar surface area (TPSA) is 66.4 Å². The Hall–Kier alpha value is -3.40. The smallest absolute Gasteiger partial charge is 0.198 e. The number of benzene rings is 3. The van der Waals surface area contributed by atoms with Gasteiger partial charge < -0.3 is 10.4 Å². The van der Waals surface area contributed by atoms with Crippen LogP contribution < -0.4 is 5.32 Å². The van der Waals surface area contributed by atoms with Gasteiger partial charge in [-0.05, 0) is 44.0 Å². The van der Waals surface area contributed by atoms with Crippen molar-refractivity contribution >= 4 is 22.9 Å². The molecule has 0 heterocycles. The van der Waals surface area contributed by atoms with Crippen LogP contribution in [0.5, 0.6) is 5.75 Å². The van der Waals surface area contributed by atoms with Gasteiger partial charge >= 0.3 is 0 Å². The summed E-state index contributed by atoms with van der Waals surface area (Å²) in [5.41, 5.74) is 5.09. The van der Waals surface area contributed by atoms with Gasteiger partial charge in [0.05, 0.1) is 16.8 Å². The number of hydrogen-bond donors (Lipinski definition) is 2. The molecule has 2 N–H and O–H groups in total. The largest absolute Gasteiger partial charge is 0.507 e. The summed E-state index contributed by atoms with van der Waals surface area (Å²) in [6, 6.07) is 14.4. The maximum atomic E-state index is 13.2. The first-order chi connectivity index (χ1) is 12.9. The Morgan fingerprint density at radius 3 is 2.00 bits per heavy atom. The molecule has 0 saturated carbocycles. The highest BCUT2D eigenvalue weighted by Gasteiger charge is 2.34. The molecule has 134 valence electrons. The van der Waals surface area contributed by atoms with Crippen LogP contribution in [0, 0.1) is 20.8 Å². The highest BCUT2D eigenvalue weighted by molar-refractivity contribution is 6.31. The summed E-state index contributed by atoms with van der Waals surface area (Å²) in [5.74, 6) is -0.725. The maximum absolute atomic E-state index is 13.2. The fraction of sp³-hybridized carbons (Fsp3) is 0.130. The first-order valence-corrected chi connectivity index (χ1v) is 8.77. The minimum absolute atomic E-state index is 0.0750. The standard InChI is InChI=1S/C23H19NO3/c1-12-8-9-17(13(2)10-12)24-18-11-14(3)21(25)20-19(18)22(26)15-6-4-5-7-16(15)23(20)27/h4-11,24-25H,1-3H3. The van der Waals surface area contributed by atoms with Crippen molar-refractivity contribution in [1.29, 1.82) is 0 Å². The molecule has 0 unspecified atom stereocenters. The third kappa shape index (κ3) is 2.61. The number of aromatic hydroxyl groups is 1. The molecule has 4 heteroatoms. The number of nitrogens with one attached hydrogen (secondary N) is 1. The van der Waals surface area contributed by atoms with E-state index in [1.807, 2.05) is 32.0 Å². The van der Waals surface area contributed by atoms with Crippen molar-refractivity contribution in [3.8, 4) is 5.75 Å². The molecule has 4 rings (SSSR count). The molecule has 0 amide bonds. The van der Waals surface area contributed by atoms with E-state index in [0.717, 1.165) is 16.8 Å². The van der Waals surface area contributed by atoms with Crippen molar-refractivity contribution in [2.45, 2.75) is 20.8 Å². The minimum atomic E-state index is -0.329. The second kappa shape index (κ2) is 6.09. The zero-order chi connectivity index (χ0) is 19.3. The van der Waals surface area contributed by atoms with Crippen LogP contribution in [0.25, 0.3) is 0 Å². The lowest BCUT2D eigenvalue weighted by Crippen LogP contribution is -2.22. The van der Waals surface area contributed by atoms with Gasteiger partial charge in [-0.3, -0.25) is 9.59 Å². The molecule has 1 aliphatic carbocycles. The van der Waals surface area contributed by atoms with Crippen molar-refractivity contribution in [3.63, 3.8) is 0 Å². The number of carbonyl (C=O) groups is 2. The number of fused-ring (bicyclic) bond motifs is 2. The average molecular weight is 357 g/mol.